The SMILES string of the molecule is CN(Cc1cc(=O)[nH]c(N)n1)C1CCN(C(=O)CSCc2cccnc2)C1. The molecule has 1 aliphatic heterocycles. The maximum absolute atomic E-state index is 12.4. The van der Waals surface area contributed by atoms with Crippen molar-refractivity contribution in [2.45, 2.75) is 24.8 Å². The molecule has 2 aromatic heterocycles. The second-order valence-corrected chi connectivity index (χ2v) is 7.66. The van der Waals surface area contributed by atoms with E-state index in [9.17, 15) is 9.59 Å². The molecule has 0 aromatic carbocycles. The molecule has 1 atom stereocenters. The average molecular weight is 388 g/mol. The first-order valence-corrected chi connectivity index (χ1v) is 9.97. The molecule has 0 saturated carbocycles. The first kappa shape index (κ1) is 19.4. The van der Waals surface area contributed by atoms with Crippen LogP contribution in [0.5, 0.6) is 0 Å². The third-order valence-electron chi connectivity index (χ3n) is 4.58. The van der Waals surface area contributed by atoms with Crippen LogP contribution in [0.3, 0.4) is 0 Å². The van der Waals surface area contributed by atoms with E-state index in [1.165, 1.54) is 6.07 Å². The Balaban J connectivity index is 1.45. The topological polar surface area (TPSA) is 108 Å². The molecule has 8 nitrogen and oxygen atoms in total. The van der Waals surface area contributed by atoms with Gasteiger partial charge in [-0.15, -0.1) is 11.8 Å². The zero-order chi connectivity index (χ0) is 19.2. The van der Waals surface area contributed by atoms with Gasteiger partial charge in [0.2, 0.25) is 11.9 Å². The fraction of sp³-hybridized carbons (Fsp3) is 0.444. The lowest BCUT2D eigenvalue weighted by atomic mass is 10.2. The van der Waals surface area contributed by atoms with Gasteiger partial charge in [0.15, 0.2) is 0 Å². The Labute approximate surface area is 162 Å². The summed E-state index contributed by atoms with van der Waals surface area (Å²) in [7, 11) is 1.98. The standard InChI is InChI=1S/C18H24N6O2S/c1-23(9-14-7-16(25)22-18(19)21-14)15-4-6-24(10-15)17(26)12-27-11-13-3-2-5-20-8-13/h2-3,5,7-8,15H,4,6,9-12H2,1H3,(H3,19,21,22,25). The van der Waals surface area contributed by atoms with Crippen LogP contribution in [0.15, 0.2) is 35.4 Å². The number of hydrogen-bond donors (Lipinski definition) is 2. The molecule has 27 heavy (non-hydrogen) atoms. The molecule has 0 aliphatic carbocycles. The Bertz CT molecular complexity index is 828. The summed E-state index contributed by atoms with van der Waals surface area (Å²) in [5.74, 6) is 1.54. The Morgan fingerprint density at radius 3 is 3.11 bits per heavy atom. The number of thioether (sulfide) groups is 1. The predicted octanol–water partition coefficient (Wildman–Crippen LogP) is 0.713. The summed E-state index contributed by atoms with van der Waals surface area (Å²) >= 11 is 1.61. The summed E-state index contributed by atoms with van der Waals surface area (Å²) in [5, 5.41) is 0. The first-order chi connectivity index (χ1) is 13.0. The minimum atomic E-state index is -0.250. The summed E-state index contributed by atoms with van der Waals surface area (Å²) in [6, 6.07) is 5.63. The van der Waals surface area contributed by atoms with Gasteiger partial charge >= 0.3 is 0 Å². The number of H-pyrrole nitrogens is 1. The normalized spacial score (nSPS) is 16.8. The molecule has 1 unspecified atom stereocenters. The van der Waals surface area contributed by atoms with E-state index in [0.29, 0.717) is 24.5 Å². The van der Waals surface area contributed by atoms with Gasteiger partial charge in [0, 0.05) is 49.9 Å². The highest BCUT2D eigenvalue weighted by molar-refractivity contribution is 7.99. The minimum Gasteiger partial charge on any atom is -0.369 e. The van der Waals surface area contributed by atoms with Crippen LogP contribution in [-0.4, -0.2) is 62.6 Å². The summed E-state index contributed by atoms with van der Waals surface area (Å²) in [6.45, 7) is 1.98. The van der Waals surface area contributed by atoms with E-state index in [-0.39, 0.29) is 23.5 Å². The van der Waals surface area contributed by atoms with Crippen molar-refractivity contribution in [3.8, 4) is 0 Å². The molecule has 2 aromatic rings. The van der Waals surface area contributed by atoms with Crippen molar-refractivity contribution in [1.29, 1.82) is 0 Å². The number of aromatic nitrogens is 3. The highest BCUT2D eigenvalue weighted by Crippen LogP contribution is 2.18. The van der Waals surface area contributed by atoms with E-state index < -0.39 is 0 Å². The number of likely N-dealkylation sites (N-methyl/N-ethyl adjacent to an activating group) is 1. The number of rotatable bonds is 7. The monoisotopic (exact) mass is 388 g/mol. The van der Waals surface area contributed by atoms with Gasteiger partial charge in [-0.1, -0.05) is 6.07 Å². The van der Waals surface area contributed by atoms with Crippen LogP contribution in [0, 0.1) is 0 Å². The molecule has 0 spiro atoms. The van der Waals surface area contributed by atoms with Crippen molar-refractivity contribution in [3.05, 3.63) is 52.2 Å². The van der Waals surface area contributed by atoms with Gasteiger partial charge in [-0.3, -0.25) is 24.5 Å². The van der Waals surface area contributed by atoms with E-state index in [4.69, 9.17) is 5.73 Å². The summed E-state index contributed by atoms with van der Waals surface area (Å²) in [6.07, 6.45) is 4.48. The number of nitrogens with zero attached hydrogens (tertiary/aromatic N) is 4. The molecule has 1 aliphatic rings. The van der Waals surface area contributed by atoms with Gasteiger partial charge in [-0.25, -0.2) is 4.98 Å². The van der Waals surface area contributed by atoms with Crippen LogP contribution in [0.1, 0.15) is 17.7 Å². The van der Waals surface area contributed by atoms with E-state index >= 15 is 0 Å². The zero-order valence-electron chi connectivity index (χ0n) is 15.3. The Kier molecular flexibility index (Phi) is 6.46. The lowest BCUT2D eigenvalue weighted by molar-refractivity contribution is -0.127. The smallest absolute Gasteiger partial charge is 0.252 e. The molecular formula is C18H24N6O2S. The molecule has 1 saturated heterocycles. The lowest BCUT2D eigenvalue weighted by Gasteiger charge is -2.24. The molecule has 0 bridgehead atoms. The molecule has 1 amide bonds. The van der Waals surface area contributed by atoms with E-state index in [1.54, 1.807) is 18.0 Å². The zero-order valence-corrected chi connectivity index (χ0v) is 16.1. The fourth-order valence-corrected chi connectivity index (χ4v) is 4.02. The van der Waals surface area contributed by atoms with Crippen LogP contribution in [0.25, 0.3) is 0 Å². The number of nitrogen functional groups attached to an aromatic ring is 1. The first-order valence-electron chi connectivity index (χ1n) is 8.81. The Morgan fingerprint density at radius 2 is 2.37 bits per heavy atom. The molecule has 0 radical (unpaired) electrons. The van der Waals surface area contributed by atoms with Crippen molar-refractivity contribution >= 4 is 23.6 Å². The van der Waals surface area contributed by atoms with Gasteiger partial charge in [-0.2, -0.15) is 0 Å². The van der Waals surface area contributed by atoms with E-state index in [0.717, 1.165) is 24.3 Å². The molecule has 3 rings (SSSR count). The third kappa shape index (κ3) is 5.54. The van der Waals surface area contributed by atoms with Gasteiger partial charge in [0.25, 0.3) is 5.56 Å². The molecule has 3 N–H and O–H groups in total. The number of carbonyl (C=O) groups excluding carboxylic acids is 1. The Morgan fingerprint density at radius 1 is 1.52 bits per heavy atom. The quantitative estimate of drug-likeness (QED) is 0.719. The minimum absolute atomic E-state index is 0.125. The molecule has 144 valence electrons. The second-order valence-electron chi connectivity index (χ2n) is 6.67. The molecule has 1 fully saturated rings. The van der Waals surface area contributed by atoms with Crippen LogP contribution in [-0.2, 0) is 17.1 Å². The summed E-state index contributed by atoms with van der Waals surface area (Å²) < 4.78 is 0. The highest BCUT2D eigenvalue weighted by atomic mass is 32.2. The number of hydrogen-bond acceptors (Lipinski definition) is 7. The lowest BCUT2D eigenvalue weighted by Crippen LogP contribution is -2.37. The van der Waals surface area contributed by atoms with Crippen LogP contribution < -0.4 is 11.3 Å². The van der Waals surface area contributed by atoms with Crippen LogP contribution >= 0.6 is 11.8 Å². The maximum atomic E-state index is 12.4. The maximum Gasteiger partial charge on any atom is 0.252 e. The van der Waals surface area contributed by atoms with E-state index in [1.807, 2.05) is 30.3 Å². The van der Waals surface area contributed by atoms with Crippen molar-refractivity contribution in [2.75, 3.05) is 31.6 Å². The largest absolute Gasteiger partial charge is 0.369 e. The van der Waals surface area contributed by atoms with Crippen LogP contribution in [0.4, 0.5) is 5.95 Å². The number of likely N-dealkylation sites (tertiary alicyclic amines) is 1. The number of nitrogens with one attached hydrogen (secondary N) is 1. The third-order valence-corrected chi connectivity index (χ3v) is 5.57. The Hall–Kier alpha value is -2.39. The van der Waals surface area contributed by atoms with Crippen LogP contribution in [0.2, 0.25) is 0 Å². The summed E-state index contributed by atoms with van der Waals surface area (Å²) in [4.78, 5) is 38.7. The average Bonchev–Trinajstić information content (AvgIpc) is 3.12. The molecular weight excluding hydrogens is 364 g/mol. The van der Waals surface area contributed by atoms with Crippen molar-refractivity contribution in [1.82, 2.24) is 24.8 Å². The number of anilines is 1. The number of amides is 1. The predicted molar refractivity (Wildman–Crippen MR) is 106 cm³/mol. The van der Waals surface area contributed by atoms with Gasteiger partial charge in [0.1, 0.15) is 0 Å². The van der Waals surface area contributed by atoms with Gasteiger partial charge < -0.3 is 10.6 Å². The summed E-state index contributed by atoms with van der Waals surface area (Å²) in [5.41, 5.74) is 7.10. The number of nitrogens with two attached hydrogens (primary N) is 1. The molecule has 3 heterocycles. The molecule has 9 heteroatoms. The van der Waals surface area contributed by atoms with Crippen molar-refractivity contribution in [3.63, 3.8) is 0 Å². The number of aromatic amines is 1. The number of pyridine rings is 1. The highest BCUT2D eigenvalue weighted by Gasteiger charge is 2.28. The van der Waals surface area contributed by atoms with Crippen molar-refractivity contribution in [2.24, 2.45) is 0 Å². The van der Waals surface area contributed by atoms with Crippen molar-refractivity contribution < 1.29 is 4.79 Å². The second kappa shape index (κ2) is 9.01. The van der Waals surface area contributed by atoms with E-state index in [2.05, 4.69) is 19.9 Å². The number of carbonyl (C=O) groups is 1. The van der Waals surface area contributed by atoms with Gasteiger partial charge in [-0.05, 0) is 25.1 Å². The fourth-order valence-electron chi connectivity index (χ4n) is 3.15. The van der Waals surface area contributed by atoms with Gasteiger partial charge in [0.05, 0.1) is 11.4 Å².